The zero-order valence-electron chi connectivity index (χ0n) is 10.6. The van der Waals surface area contributed by atoms with E-state index < -0.39 is 36.9 Å². The first kappa shape index (κ1) is 22.6. The Hall–Kier alpha value is -1.55. The zero-order valence-corrected chi connectivity index (χ0v) is 10.6. The minimum Gasteiger partial charge on any atom is -0.481 e. The van der Waals surface area contributed by atoms with Gasteiger partial charge in [-0.1, -0.05) is 6.92 Å². The van der Waals surface area contributed by atoms with Gasteiger partial charge in [-0.25, -0.2) is 0 Å². The summed E-state index contributed by atoms with van der Waals surface area (Å²) >= 11 is 0. The monoisotopic (exact) mass is 284 g/mol. The minimum absolute atomic E-state index is 0.0869. The van der Waals surface area contributed by atoms with Gasteiger partial charge in [-0.2, -0.15) is 0 Å². The van der Waals surface area contributed by atoms with E-state index in [0.29, 0.717) is 0 Å². The molecule has 0 aliphatic rings. The molecule has 0 fully saturated rings. The van der Waals surface area contributed by atoms with Gasteiger partial charge < -0.3 is 35.4 Å². The van der Waals surface area contributed by atoms with Crippen molar-refractivity contribution in [2.45, 2.75) is 38.6 Å². The number of aliphatic hydroxyl groups is 4. The Kier molecular flexibility index (Phi) is 17.3. The summed E-state index contributed by atoms with van der Waals surface area (Å²) in [6, 6.07) is 0. The second-order valence-electron chi connectivity index (χ2n) is 3.13. The third-order valence-electron chi connectivity index (χ3n) is 1.37. The molecular formula is C10H20O9. The van der Waals surface area contributed by atoms with Crippen molar-refractivity contribution in [1.82, 2.24) is 0 Å². The molecule has 6 N–H and O–H groups in total. The minimum atomic E-state index is -1.64. The van der Waals surface area contributed by atoms with Gasteiger partial charge in [0.25, 0.3) is 5.97 Å². The van der Waals surface area contributed by atoms with Crippen LogP contribution in [-0.2, 0) is 14.4 Å². The Labute approximate surface area is 109 Å². The van der Waals surface area contributed by atoms with Crippen LogP contribution in [0.3, 0.4) is 0 Å². The second-order valence-corrected chi connectivity index (χ2v) is 3.13. The first-order chi connectivity index (χ1) is 8.63. The lowest BCUT2D eigenvalue weighted by Crippen LogP contribution is -2.40. The van der Waals surface area contributed by atoms with E-state index >= 15 is 0 Å². The number of aldehydes is 1. The lowest BCUT2D eigenvalue weighted by Gasteiger charge is -2.16. The SMILES string of the molecule is CC(=O)O.CCC(=O)O.O=C[C@H](O)[C@@H](O)[C@H](O)CO. The van der Waals surface area contributed by atoms with Gasteiger partial charge >= 0.3 is 5.97 Å². The lowest BCUT2D eigenvalue weighted by molar-refractivity contribution is -0.137. The Morgan fingerprint density at radius 2 is 1.47 bits per heavy atom. The van der Waals surface area contributed by atoms with E-state index in [9.17, 15) is 9.59 Å². The van der Waals surface area contributed by atoms with Crippen molar-refractivity contribution in [2.24, 2.45) is 0 Å². The lowest BCUT2D eigenvalue weighted by atomic mass is 10.1. The summed E-state index contributed by atoms with van der Waals surface area (Å²) in [4.78, 5) is 28.1. The maximum absolute atomic E-state index is 9.76. The van der Waals surface area contributed by atoms with Crippen molar-refractivity contribution in [3.63, 3.8) is 0 Å². The van der Waals surface area contributed by atoms with Gasteiger partial charge in [0.2, 0.25) is 0 Å². The topological polar surface area (TPSA) is 173 Å². The largest absolute Gasteiger partial charge is 0.481 e. The Morgan fingerprint density at radius 1 is 1.16 bits per heavy atom. The predicted octanol–water partition coefficient (Wildman–Crippen LogP) is -2.17. The van der Waals surface area contributed by atoms with Crippen LogP contribution in [0.4, 0.5) is 0 Å². The van der Waals surface area contributed by atoms with Crippen LogP contribution in [0, 0.1) is 0 Å². The summed E-state index contributed by atoms with van der Waals surface area (Å²) in [5.41, 5.74) is 0. The number of carboxylic acids is 2. The van der Waals surface area contributed by atoms with E-state index in [1.165, 1.54) is 0 Å². The molecular weight excluding hydrogens is 264 g/mol. The fraction of sp³-hybridized carbons (Fsp3) is 0.700. The smallest absolute Gasteiger partial charge is 0.303 e. The average molecular weight is 284 g/mol. The molecule has 0 radical (unpaired) electrons. The maximum atomic E-state index is 9.76. The highest BCUT2D eigenvalue weighted by Gasteiger charge is 2.22. The fourth-order valence-corrected chi connectivity index (χ4v) is 0.416. The summed E-state index contributed by atoms with van der Waals surface area (Å²) in [6.45, 7) is 1.99. The van der Waals surface area contributed by atoms with E-state index in [4.69, 9.17) is 35.4 Å². The molecule has 19 heavy (non-hydrogen) atoms. The number of carboxylic acid groups (broad SMARTS) is 2. The van der Waals surface area contributed by atoms with Gasteiger partial charge in [-0.15, -0.1) is 0 Å². The van der Waals surface area contributed by atoms with Gasteiger partial charge in [0, 0.05) is 13.3 Å². The number of rotatable bonds is 5. The first-order valence-corrected chi connectivity index (χ1v) is 5.15. The Morgan fingerprint density at radius 3 is 1.63 bits per heavy atom. The van der Waals surface area contributed by atoms with E-state index in [0.717, 1.165) is 6.92 Å². The van der Waals surface area contributed by atoms with Gasteiger partial charge in [-0.05, 0) is 0 Å². The quantitative estimate of drug-likeness (QED) is 0.307. The van der Waals surface area contributed by atoms with Crippen LogP contribution in [0.1, 0.15) is 20.3 Å². The van der Waals surface area contributed by atoms with E-state index in [2.05, 4.69) is 0 Å². The van der Waals surface area contributed by atoms with Crippen LogP contribution in [0.25, 0.3) is 0 Å². The van der Waals surface area contributed by atoms with Crippen molar-refractivity contribution in [2.75, 3.05) is 6.61 Å². The summed E-state index contributed by atoms with van der Waals surface area (Å²) in [7, 11) is 0. The summed E-state index contributed by atoms with van der Waals surface area (Å²) in [5, 5.41) is 49.2. The number of hydrogen-bond acceptors (Lipinski definition) is 7. The normalized spacial score (nSPS) is 13.6. The molecule has 0 bridgehead atoms. The fourth-order valence-electron chi connectivity index (χ4n) is 0.416. The average Bonchev–Trinajstić information content (AvgIpc) is 2.35. The molecule has 0 amide bonds. The summed E-state index contributed by atoms with van der Waals surface area (Å²) < 4.78 is 0. The molecule has 0 spiro atoms. The summed E-state index contributed by atoms with van der Waals surface area (Å²) in [5.74, 6) is -1.58. The highest BCUT2D eigenvalue weighted by molar-refractivity contribution is 5.66. The zero-order chi connectivity index (χ0) is 16.0. The molecule has 0 aliphatic heterocycles. The molecule has 0 unspecified atom stereocenters. The standard InChI is InChI=1S/C5H10O5.C3H6O2.C2H4O2/c6-1-3(8)5(10)4(9)2-7;1-2-3(4)5;1-2(3)4/h1,3-5,7-10H,2H2;2H2,1H3,(H,4,5);1H3,(H,3,4)/t3-,4+,5+;;/m0../s1. The molecule has 0 aromatic rings. The van der Waals surface area contributed by atoms with Crippen LogP contribution in [0.5, 0.6) is 0 Å². The van der Waals surface area contributed by atoms with Crippen LogP contribution in [0.15, 0.2) is 0 Å². The number of carbonyl (C=O) groups is 3. The van der Waals surface area contributed by atoms with E-state index in [1.54, 1.807) is 6.92 Å². The predicted molar refractivity (Wildman–Crippen MR) is 62.4 cm³/mol. The van der Waals surface area contributed by atoms with Gasteiger partial charge in [0.1, 0.15) is 18.3 Å². The Balaban J connectivity index is -0.000000238. The number of aliphatic hydroxyl groups excluding tert-OH is 4. The number of carbonyl (C=O) groups excluding carboxylic acids is 1. The molecule has 114 valence electrons. The molecule has 0 aliphatic carbocycles. The molecule has 9 nitrogen and oxygen atoms in total. The van der Waals surface area contributed by atoms with Crippen molar-refractivity contribution in [3.05, 3.63) is 0 Å². The van der Waals surface area contributed by atoms with Crippen molar-refractivity contribution >= 4 is 18.2 Å². The van der Waals surface area contributed by atoms with Crippen LogP contribution < -0.4 is 0 Å². The van der Waals surface area contributed by atoms with Gasteiger partial charge in [0.05, 0.1) is 6.61 Å². The molecule has 0 aromatic carbocycles. The highest BCUT2D eigenvalue weighted by Crippen LogP contribution is 1.96. The van der Waals surface area contributed by atoms with E-state index in [1.807, 2.05) is 0 Å². The molecule has 3 atom stereocenters. The van der Waals surface area contributed by atoms with E-state index in [-0.39, 0.29) is 12.7 Å². The van der Waals surface area contributed by atoms with Crippen molar-refractivity contribution in [1.29, 1.82) is 0 Å². The number of hydrogen-bond donors (Lipinski definition) is 6. The molecule has 9 heteroatoms. The molecule has 0 heterocycles. The van der Waals surface area contributed by atoms with Crippen LogP contribution in [-0.4, -0.2) is 73.8 Å². The molecule has 0 rings (SSSR count). The third-order valence-corrected chi connectivity index (χ3v) is 1.37. The second kappa shape index (κ2) is 14.5. The first-order valence-electron chi connectivity index (χ1n) is 5.15. The number of aliphatic carboxylic acids is 2. The van der Waals surface area contributed by atoms with Gasteiger partial charge in [0.15, 0.2) is 6.29 Å². The van der Waals surface area contributed by atoms with Crippen molar-refractivity contribution in [3.8, 4) is 0 Å². The molecule has 0 saturated heterocycles. The Bertz CT molecular complexity index is 249. The summed E-state index contributed by atoms with van der Waals surface area (Å²) in [6.07, 6.45) is -4.41. The third kappa shape index (κ3) is 22.2. The van der Waals surface area contributed by atoms with Crippen LogP contribution >= 0.6 is 0 Å². The van der Waals surface area contributed by atoms with Gasteiger partial charge in [-0.3, -0.25) is 9.59 Å². The molecule has 0 saturated carbocycles. The highest BCUT2D eigenvalue weighted by atomic mass is 16.4. The molecule has 0 aromatic heterocycles. The van der Waals surface area contributed by atoms with Crippen LogP contribution in [0.2, 0.25) is 0 Å². The van der Waals surface area contributed by atoms with Crippen molar-refractivity contribution < 1.29 is 45.0 Å². The maximum Gasteiger partial charge on any atom is 0.303 e.